The van der Waals surface area contributed by atoms with Gasteiger partial charge in [0.15, 0.2) is 0 Å². The molecular formula is C11H14BrNO2S. The van der Waals surface area contributed by atoms with E-state index in [9.17, 15) is 8.42 Å². The molecule has 0 saturated heterocycles. The van der Waals surface area contributed by atoms with E-state index in [0.29, 0.717) is 4.90 Å². The van der Waals surface area contributed by atoms with E-state index in [1.54, 1.807) is 24.3 Å². The molecule has 1 aliphatic rings. The minimum Gasteiger partial charge on any atom is -0.207 e. The Bertz CT molecular complexity index is 446. The second kappa shape index (κ2) is 4.85. The molecule has 16 heavy (non-hydrogen) atoms. The topological polar surface area (TPSA) is 46.2 Å². The van der Waals surface area contributed by atoms with E-state index in [0.717, 1.165) is 19.3 Å². The van der Waals surface area contributed by atoms with E-state index in [-0.39, 0.29) is 10.9 Å². The predicted octanol–water partition coefficient (Wildman–Crippen LogP) is 2.28. The number of rotatable bonds is 3. The van der Waals surface area contributed by atoms with Gasteiger partial charge in [0, 0.05) is 10.9 Å². The lowest BCUT2D eigenvalue weighted by Crippen LogP contribution is -2.37. The molecule has 2 rings (SSSR count). The van der Waals surface area contributed by atoms with Gasteiger partial charge in [0.1, 0.15) is 0 Å². The van der Waals surface area contributed by atoms with Gasteiger partial charge in [0.25, 0.3) is 0 Å². The van der Waals surface area contributed by atoms with Crippen LogP contribution < -0.4 is 4.72 Å². The summed E-state index contributed by atoms with van der Waals surface area (Å²) in [5, 5.41) is 0. The van der Waals surface area contributed by atoms with Crippen LogP contribution in [-0.4, -0.2) is 19.3 Å². The van der Waals surface area contributed by atoms with Crippen LogP contribution in [0.25, 0.3) is 0 Å². The molecule has 3 nitrogen and oxygen atoms in total. The highest BCUT2D eigenvalue weighted by atomic mass is 79.9. The van der Waals surface area contributed by atoms with Crippen molar-refractivity contribution in [2.24, 2.45) is 0 Å². The first-order valence-corrected chi connectivity index (χ1v) is 7.71. The SMILES string of the molecule is O=S(=O)(N[C@@H]1CCC[C@H]1Br)c1ccccc1. The average Bonchev–Trinajstić information content (AvgIpc) is 2.65. The summed E-state index contributed by atoms with van der Waals surface area (Å²) < 4.78 is 26.8. The van der Waals surface area contributed by atoms with Gasteiger partial charge in [-0.2, -0.15) is 0 Å². The Morgan fingerprint density at radius 2 is 1.88 bits per heavy atom. The third-order valence-electron chi connectivity index (χ3n) is 2.79. The Balaban J connectivity index is 2.15. The summed E-state index contributed by atoms with van der Waals surface area (Å²) in [7, 11) is -3.36. The maximum absolute atomic E-state index is 12.0. The third-order valence-corrected chi connectivity index (χ3v) is 5.39. The first-order chi connectivity index (χ1) is 7.59. The van der Waals surface area contributed by atoms with Gasteiger partial charge in [-0.15, -0.1) is 0 Å². The van der Waals surface area contributed by atoms with E-state index < -0.39 is 10.0 Å². The first kappa shape index (κ1) is 12.1. The first-order valence-electron chi connectivity index (χ1n) is 5.31. The zero-order valence-electron chi connectivity index (χ0n) is 8.77. The highest BCUT2D eigenvalue weighted by Gasteiger charge is 2.29. The lowest BCUT2D eigenvalue weighted by atomic mass is 10.3. The molecule has 1 aromatic carbocycles. The summed E-state index contributed by atoms with van der Waals surface area (Å²) in [6, 6.07) is 8.51. The van der Waals surface area contributed by atoms with Crippen molar-refractivity contribution in [3.05, 3.63) is 30.3 Å². The molecule has 0 bridgehead atoms. The van der Waals surface area contributed by atoms with Crippen molar-refractivity contribution >= 4 is 26.0 Å². The molecule has 1 N–H and O–H groups in total. The van der Waals surface area contributed by atoms with Crippen molar-refractivity contribution in [2.75, 3.05) is 0 Å². The van der Waals surface area contributed by atoms with Crippen molar-refractivity contribution in [1.29, 1.82) is 0 Å². The molecule has 1 aliphatic carbocycles. The van der Waals surface area contributed by atoms with Gasteiger partial charge in [0.2, 0.25) is 10.0 Å². The van der Waals surface area contributed by atoms with Gasteiger partial charge in [-0.3, -0.25) is 0 Å². The maximum Gasteiger partial charge on any atom is 0.240 e. The molecule has 0 aliphatic heterocycles. The van der Waals surface area contributed by atoms with Crippen LogP contribution in [0.3, 0.4) is 0 Å². The summed E-state index contributed by atoms with van der Waals surface area (Å²) in [5.74, 6) is 0. The molecular weight excluding hydrogens is 290 g/mol. The fourth-order valence-electron chi connectivity index (χ4n) is 1.91. The van der Waals surface area contributed by atoms with Crippen LogP contribution in [0.5, 0.6) is 0 Å². The van der Waals surface area contributed by atoms with Crippen LogP contribution in [0, 0.1) is 0 Å². The summed E-state index contributed by atoms with van der Waals surface area (Å²) >= 11 is 3.50. The molecule has 1 saturated carbocycles. The Hall–Kier alpha value is -0.390. The molecule has 1 aromatic rings. The Labute approximate surface area is 104 Å². The maximum atomic E-state index is 12.0. The van der Waals surface area contributed by atoms with Gasteiger partial charge in [-0.25, -0.2) is 13.1 Å². The summed E-state index contributed by atoms with van der Waals surface area (Å²) in [5.41, 5.74) is 0. The van der Waals surface area contributed by atoms with Gasteiger partial charge >= 0.3 is 0 Å². The van der Waals surface area contributed by atoms with Crippen molar-refractivity contribution < 1.29 is 8.42 Å². The number of hydrogen-bond acceptors (Lipinski definition) is 2. The minimum atomic E-state index is -3.36. The second-order valence-electron chi connectivity index (χ2n) is 3.99. The van der Waals surface area contributed by atoms with Gasteiger partial charge in [-0.05, 0) is 25.0 Å². The van der Waals surface area contributed by atoms with E-state index in [1.807, 2.05) is 6.07 Å². The number of benzene rings is 1. The highest BCUT2D eigenvalue weighted by molar-refractivity contribution is 9.09. The molecule has 0 amide bonds. The molecule has 0 unspecified atom stereocenters. The number of alkyl halides is 1. The van der Waals surface area contributed by atoms with Crippen molar-refractivity contribution in [1.82, 2.24) is 4.72 Å². The molecule has 0 spiro atoms. The van der Waals surface area contributed by atoms with Crippen LogP contribution in [-0.2, 0) is 10.0 Å². The van der Waals surface area contributed by atoms with Crippen molar-refractivity contribution in [3.63, 3.8) is 0 Å². The van der Waals surface area contributed by atoms with Gasteiger partial charge in [-0.1, -0.05) is 40.5 Å². The Morgan fingerprint density at radius 3 is 2.44 bits per heavy atom. The van der Waals surface area contributed by atoms with E-state index in [1.165, 1.54) is 0 Å². The lowest BCUT2D eigenvalue weighted by molar-refractivity contribution is 0.556. The average molecular weight is 304 g/mol. The van der Waals surface area contributed by atoms with E-state index in [4.69, 9.17) is 0 Å². The van der Waals surface area contributed by atoms with Crippen LogP contribution in [0.15, 0.2) is 35.2 Å². The zero-order valence-corrected chi connectivity index (χ0v) is 11.2. The number of halogens is 1. The zero-order chi connectivity index (χ0) is 11.6. The van der Waals surface area contributed by atoms with E-state index in [2.05, 4.69) is 20.7 Å². The van der Waals surface area contributed by atoms with Crippen molar-refractivity contribution in [2.45, 2.75) is 35.0 Å². The Kier molecular flexibility index (Phi) is 3.66. The summed E-state index contributed by atoms with van der Waals surface area (Å²) in [4.78, 5) is 0.590. The normalized spacial score (nSPS) is 25.8. The minimum absolute atomic E-state index is 0.0187. The molecule has 2 atom stereocenters. The standard InChI is InChI=1S/C11H14BrNO2S/c12-10-7-4-8-11(10)13-16(14,15)9-5-2-1-3-6-9/h1-3,5-6,10-11,13H,4,7-8H2/t10-,11-/m1/s1. The molecule has 0 heterocycles. The van der Waals surface area contributed by atoms with Gasteiger partial charge < -0.3 is 0 Å². The molecule has 0 radical (unpaired) electrons. The highest BCUT2D eigenvalue weighted by Crippen LogP contribution is 2.26. The van der Waals surface area contributed by atoms with Gasteiger partial charge in [0.05, 0.1) is 4.90 Å². The number of sulfonamides is 1. The fourth-order valence-corrected chi connectivity index (χ4v) is 4.14. The smallest absolute Gasteiger partial charge is 0.207 e. The van der Waals surface area contributed by atoms with Crippen LogP contribution >= 0.6 is 15.9 Å². The lowest BCUT2D eigenvalue weighted by Gasteiger charge is -2.16. The number of hydrogen-bond donors (Lipinski definition) is 1. The van der Waals surface area contributed by atoms with Crippen LogP contribution in [0.1, 0.15) is 19.3 Å². The largest absolute Gasteiger partial charge is 0.240 e. The van der Waals surface area contributed by atoms with Crippen LogP contribution in [0.4, 0.5) is 0 Å². The quantitative estimate of drug-likeness (QED) is 0.871. The predicted molar refractivity (Wildman–Crippen MR) is 67.1 cm³/mol. The molecule has 1 fully saturated rings. The fraction of sp³-hybridized carbons (Fsp3) is 0.455. The Morgan fingerprint density at radius 1 is 1.19 bits per heavy atom. The molecule has 5 heteroatoms. The summed E-state index contributed by atoms with van der Waals surface area (Å²) in [6.45, 7) is 0. The monoisotopic (exact) mass is 303 g/mol. The van der Waals surface area contributed by atoms with E-state index >= 15 is 0 Å². The number of nitrogens with one attached hydrogen (secondary N) is 1. The summed E-state index contributed by atoms with van der Waals surface area (Å²) in [6.07, 6.45) is 3.00. The molecule has 88 valence electrons. The third kappa shape index (κ3) is 2.64. The molecule has 0 aromatic heterocycles. The van der Waals surface area contributed by atoms with Crippen LogP contribution in [0.2, 0.25) is 0 Å². The second-order valence-corrected chi connectivity index (χ2v) is 6.88. The van der Waals surface area contributed by atoms with Crippen molar-refractivity contribution in [3.8, 4) is 0 Å².